The average Bonchev–Trinajstić information content (AvgIpc) is 3.39. The number of pyridine rings is 3. The molecule has 3 fully saturated rings. The van der Waals surface area contributed by atoms with Crippen molar-refractivity contribution < 1.29 is 13.5 Å². The fourth-order valence-electron chi connectivity index (χ4n) is 6.99. The maximum absolute atomic E-state index is 13.9. The van der Waals surface area contributed by atoms with E-state index in [9.17, 15) is 13.6 Å². The first-order chi connectivity index (χ1) is 20.4. The summed E-state index contributed by atoms with van der Waals surface area (Å²) in [6.45, 7) is 6.23. The number of fused-ring (bicyclic) bond motifs is 2. The van der Waals surface area contributed by atoms with Gasteiger partial charge in [0.2, 0.25) is 5.92 Å². The first-order valence-electron chi connectivity index (χ1n) is 15.2. The normalized spacial score (nSPS) is 21.2. The lowest BCUT2D eigenvalue weighted by molar-refractivity contribution is -0.0189. The molecule has 0 saturated carbocycles. The third-order valence-corrected chi connectivity index (χ3v) is 9.41. The molecule has 222 valence electrons. The van der Waals surface area contributed by atoms with Gasteiger partial charge in [-0.1, -0.05) is 6.07 Å². The molecule has 0 unspecified atom stereocenters. The zero-order chi connectivity index (χ0) is 28.7. The van der Waals surface area contributed by atoms with E-state index in [-0.39, 0.29) is 18.4 Å². The van der Waals surface area contributed by atoms with E-state index < -0.39 is 5.92 Å². The quantitative estimate of drug-likeness (QED) is 0.329. The molecule has 0 N–H and O–H groups in total. The van der Waals surface area contributed by atoms with Crippen molar-refractivity contribution in [1.82, 2.24) is 23.8 Å². The van der Waals surface area contributed by atoms with Crippen molar-refractivity contribution in [1.29, 1.82) is 0 Å². The average molecular weight is 577 g/mol. The Balaban J connectivity index is 1.06. The lowest BCUT2D eigenvalue weighted by atomic mass is 9.73. The van der Waals surface area contributed by atoms with Crippen LogP contribution in [-0.4, -0.2) is 69.2 Å². The van der Waals surface area contributed by atoms with Crippen LogP contribution in [0.5, 0.6) is 0 Å². The molecule has 42 heavy (non-hydrogen) atoms. The van der Waals surface area contributed by atoms with Gasteiger partial charge in [0.05, 0.1) is 29.5 Å². The number of rotatable bonds is 5. The van der Waals surface area contributed by atoms with E-state index in [0.717, 1.165) is 86.6 Å². The van der Waals surface area contributed by atoms with Crippen LogP contribution in [0.3, 0.4) is 0 Å². The van der Waals surface area contributed by atoms with Gasteiger partial charge in [0.15, 0.2) is 0 Å². The second-order valence-electron chi connectivity index (χ2n) is 12.6. The smallest absolute Gasteiger partial charge is 0.260 e. The van der Waals surface area contributed by atoms with E-state index in [0.29, 0.717) is 36.7 Å². The van der Waals surface area contributed by atoms with Gasteiger partial charge in [-0.15, -0.1) is 0 Å². The number of imidazole rings is 1. The summed E-state index contributed by atoms with van der Waals surface area (Å²) in [5.74, 6) is -2.53. The molecule has 4 aromatic rings. The Morgan fingerprint density at radius 3 is 2.55 bits per heavy atom. The Hall–Kier alpha value is -3.37. The van der Waals surface area contributed by atoms with Gasteiger partial charge in [-0.05, 0) is 62.9 Å². The van der Waals surface area contributed by atoms with Crippen LogP contribution in [0.1, 0.15) is 56.2 Å². The molecule has 0 radical (unpaired) electrons. The Labute approximate surface area is 243 Å². The predicted molar refractivity (Wildman–Crippen MR) is 158 cm³/mol. The number of alkyl halides is 2. The van der Waals surface area contributed by atoms with Crippen LogP contribution >= 0.6 is 0 Å². The molecule has 3 aliphatic rings. The van der Waals surface area contributed by atoms with Crippen molar-refractivity contribution in [3.8, 4) is 0 Å². The predicted octanol–water partition coefficient (Wildman–Crippen LogP) is 5.11. The Bertz CT molecular complexity index is 1640. The topological polar surface area (TPSA) is 67.9 Å². The summed E-state index contributed by atoms with van der Waals surface area (Å²) in [4.78, 5) is 27.3. The van der Waals surface area contributed by atoms with Gasteiger partial charge in [0, 0.05) is 81.3 Å². The van der Waals surface area contributed by atoms with E-state index in [1.165, 1.54) is 0 Å². The van der Waals surface area contributed by atoms with Gasteiger partial charge >= 0.3 is 0 Å². The zero-order valence-corrected chi connectivity index (χ0v) is 24.0. The van der Waals surface area contributed by atoms with Gasteiger partial charge in [-0.3, -0.25) is 14.7 Å². The van der Waals surface area contributed by atoms with E-state index in [4.69, 9.17) is 9.72 Å². The molecule has 0 atom stereocenters. The first kappa shape index (κ1) is 27.5. The molecule has 1 spiro atoms. The third kappa shape index (κ3) is 5.54. The molecule has 3 aliphatic heterocycles. The molecule has 0 aromatic carbocycles. The molecule has 8 nitrogen and oxygen atoms in total. The van der Waals surface area contributed by atoms with E-state index >= 15 is 0 Å². The minimum atomic E-state index is -2.53. The maximum atomic E-state index is 13.9. The van der Waals surface area contributed by atoms with Crippen LogP contribution in [0.25, 0.3) is 16.4 Å². The molecule has 7 heterocycles. The van der Waals surface area contributed by atoms with Crippen LogP contribution in [-0.2, 0) is 17.8 Å². The molecule has 7 rings (SSSR count). The molecule has 10 heteroatoms. The van der Waals surface area contributed by atoms with Crippen LogP contribution in [0.4, 0.5) is 14.5 Å². The van der Waals surface area contributed by atoms with Crippen molar-refractivity contribution in [2.45, 2.75) is 64.0 Å². The lowest BCUT2D eigenvalue weighted by Crippen LogP contribution is -2.58. The fourth-order valence-corrected chi connectivity index (χ4v) is 6.99. The molecule has 3 saturated heterocycles. The highest BCUT2D eigenvalue weighted by Gasteiger charge is 2.44. The minimum Gasteiger partial charge on any atom is -0.381 e. The largest absolute Gasteiger partial charge is 0.381 e. The van der Waals surface area contributed by atoms with Crippen LogP contribution < -0.4 is 10.5 Å². The number of nitrogens with zero attached hydrogens (tertiary/aromatic N) is 6. The van der Waals surface area contributed by atoms with Crippen molar-refractivity contribution in [3.63, 3.8) is 0 Å². The second-order valence-corrected chi connectivity index (χ2v) is 12.6. The van der Waals surface area contributed by atoms with Crippen molar-refractivity contribution in [3.05, 3.63) is 70.8 Å². The van der Waals surface area contributed by atoms with Crippen LogP contribution in [0.2, 0.25) is 0 Å². The highest BCUT2D eigenvalue weighted by molar-refractivity contribution is 5.93. The van der Waals surface area contributed by atoms with Gasteiger partial charge < -0.3 is 18.6 Å². The highest BCUT2D eigenvalue weighted by Crippen LogP contribution is 2.43. The molecular weight excluding hydrogens is 538 g/mol. The minimum absolute atomic E-state index is 0.00214. The molecule has 0 amide bonds. The zero-order valence-electron chi connectivity index (χ0n) is 24.0. The molecule has 0 aliphatic carbocycles. The van der Waals surface area contributed by atoms with Gasteiger partial charge in [0.25, 0.3) is 5.56 Å². The summed E-state index contributed by atoms with van der Waals surface area (Å²) in [7, 11) is 0. The fraction of sp³-hybridized carbons (Fsp3) is 0.531. The molecule has 4 aromatic heterocycles. The number of halogens is 2. The van der Waals surface area contributed by atoms with Crippen molar-refractivity contribution in [2.24, 2.45) is 5.41 Å². The SMILES string of the molecule is O=c1c2cncc(N3CC4(CCOCC4)C3)c2ccn1Cc1cn2cc(CN3CCCCC(F)(F)CCC3)ccc2n1. The Morgan fingerprint density at radius 2 is 1.69 bits per heavy atom. The summed E-state index contributed by atoms with van der Waals surface area (Å²) in [6.07, 6.45) is 13.5. The van der Waals surface area contributed by atoms with E-state index in [1.807, 2.05) is 35.1 Å². The summed E-state index contributed by atoms with van der Waals surface area (Å²) in [6, 6.07) is 6.07. The summed E-state index contributed by atoms with van der Waals surface area (Å²) < 4.78 is 37.0. The highest BCUT2D eigenvalue weighted by atomic mass is 19.3. The summed E-state index contributed by atoms with van der Waals surface area (Å²) in [5, 5.41) is 1.56. The van der Waals surface area contributed by atoms with E-state index in [2.05, 4.69) is 27.0 Å². The number of hydrogen-bond donors (Lipinski definition) is 0. The van der Waals surface area contributed by atoms with Crippen LogP contribution in [0.15, 0.2) is 54.0 Å². The molecular formula is C32H38F2N6O2. The monoisotopic (exact) mass is 576 g/mol. The molecule has 0 bridgehead atoms. The second kappa shape index (κ2) is 11.0. The van der Waals surface area contributed by atoms with Crippen LogP contribution in [0, 0.1) is 5.41 Å². The maximum Gasteiger partial charge on any atom is 0.260 e. The number of aromatic nitrogens is 4. The van der Waals surface area contributed by atoms with Crippen molar-refractivity contribution in [2.75, 3.05) is 44.3 Å². The first-order valence-corrected chi connectivity index (χ1v) is 15.2. The van der Waals surface area contributed by atoms with E-state index in [1.54, 1.807) is 10.8 Å². The van der Waals surface area contributed by atoms with Crippen molar-refractivity contribution >= 4 is 22.1 Å². The number of anilines is 1. The number of ether oxygens (including phenoxy) is 1. The van der Waals surface area contributed by atoms with Gasteiger partial charge in [-0.2, -0.15) is 0 Å². The Kier molecular flexibility index (Phi) is 7.22. The Morgan fingerprint density at radius 1 is 0.881 bits per heavy atom. The summed E-state index contributed by atoms with van der Waals surface area (Å²) >= 11 is 0. The summed E-state index contributed by atoms with van der Waals surface area (Å²) in [5.41, 5.74) is 4.02. The third-order valence-electron chi connectivity index (χ3n) is 9.41. The number of hydrogen-bond acceptors (Lipinski definition) is 6. The van der Waals surface area contributed by atoms with Gasteiger partial charge in [0.1, 0.15) is 5.65 Å². The van der Waals surface area contributed by atoms with Gasteiger partial charge in [-0.25, -0.2) is 13.8 Å². The standard InChI is InChI=1S/C32H38F2N6O2/c33-32(34)7-1-2-11-37(12-3-8-32)18-24-4-5-29-36-25(21-39(29)19-24)20-38-13-6-26-27(30(38)41)16-35-17-28(26)40-22-31(23-40)9-14-42-15-10-31/h4-6,13,16-17,19,21H,1-3,7-12,14-15,18,20,22-23H2. The lowest BCUT2D eigenvalue weighted by Gasteiger charge is -2.53.